The van der Waals surface area contributed by atoms with E-state index in [9.17, 15) is 9.59 Å². The molecule has 0 bridgehead atoms. The van der Waals surface area contributed by atoms with Gasteiger partial charge in [0, 0.05) is 13.8 Å². The van der Waals surface area contributed by atoms with Crippen LogP contribution in [0.15, 0.2) is 25.3 Å². The first kappa shape index (κ1) is 13.4. The fourth-order valence-corrected chi connectivity index (χ4v) is 1.33. The molecule has 5 heteroatoms. The lowest BCUT2D eigenvalue weighted by Crippen LogP contribution is -2.68. The van der Waals surface area contributed by atoms with Gasteiger partial charge in [-0.05, 0) is 12.2 Å². The van der Waals surface area contributed by atoms with Gasteiger partial charge < -0.3 is 0 Å². The smallest absolute Gasteiger partial charge is 0.264 e. The fourth-order valence-electron chi connectivity index (χ4n) is 1.33. The Bertz CT molecular complexity index is 246. The summed E-state index contributed by atoms with van der Waals surface area (Å²) in [5.41, 5.74) is 5.30. The highest BCUT2D eigenvalue weighted by molar-refractivity contribution is 5.73. The topological polar surface area (TPSA) is 58.2 Å². The second kappa shape index (κ2) is 5.98. The first-order chi connectivity index (χ1) is 6.95. The van der Waals surface area contributed by atoms with Gasteiger partial charge in [0.25, 0.3) is 11.8 Å². The van der Waals surface area contributed by atoms with E-state index in [1.165, 1.54) is 13.8 Å². The molecule has 0 aromatic rings. The molecule has 0 heterocycles. The van der Waals surface area contributed by atoms with E-state index in [-0.39, 0.29) is 16.5 Å². The van der Waals surface area contributed by atoms with Gasteiger partial charge in [0.15, 0.2) is 0 Å². The Labute approximate surface area is 90.0 Å². The molecule has 2 amide bonds. The maximum absolute atomic E-state index is 11.0. The van der Waals surface area contributed by atoms with Gasteiger partial charge in [0.05, 0.1) is 0 Å². The van der Waals surface area contributed by atoms with E-state index >= 15 is 0 Å². The van der Waals surface area contributed by atoms with E-state index in [2.05, 4.69) is 24.0 Å². The molecule has 2 N–H and O–H groups in total. The number of hydrogen-bond donors (Lipinski definition) is 2. The van der Waals surface area contributed by atoms with Crippen molar-refractivity contribution in [1.29, 1.82) is 0 Å². The summed E-state index contributed by atoms with van der Waals surface area (Å²) in [5.74, 6) is -0.458. The van der Waals surface area contributed by atoms with Gasteiger partial charge in [0.1, 0.15) is 13.1 Å². The summed E-state index contributed by atoms with van der Waals surface area (Å²) in [6, 6.07) is 0. The van der Waals surface area contributed by atoms with Crippen LogP contribution >= 0.6 is 0 Å². The first-order valence-corrected chi connectivity index (χ1v) is 4.62. The van der Waals surface area contributed by atoms with Crippen molar-refractivity contribution in [2.75, 3.05) is 13.1 Å². The molecule has 0 radical (unpaired) electrons. The molecule has 0 aliphatic carbocycles. The molecule has 0 aliphatic rings. The molecular weight excluding hydrogens is 194 g/mol. The second-order valence-corrected chi connectivity index (χ2v) is 3.25. The number of carbonyl (C=O) groups is 2. The molecule has 0 atom stereocenters. The van der Waals surface area contributed by atoms with Gasteiger partial charge in [-0.3, -0.25) is 9.59 Å². The molecule has 5 nitrogen and oxygen atoms in total. The Morgan fingerprint density at radius 1 is 1.07 bits per heavy atom. The highest BCUT2D eigenvalue weighted by Crippen LogP contribution is 1.98. The summed E-state index contributed by atoms with van der Waals surface area (Å²) in [4.78, 5) is 22.1. The molecule has 0 saturated carbocycles. The standard InChI is InChI=1S/C10H17N3O2/c1-5-7-13(8-6-2,11-9(3)14)12-10(4)15/h5-6H,1-2,7-8H2,3-4H3,(H-,11,12,14,15)/p+1. The van der Waals surface area contributed by atoms with Gasteiger partial charge >= 0.3 is 0 Å². The van der Waals surface area contributed by atoms with Crippen molar-refractivity contribution >= 4 is 11.8 Å². The van der Waals surface area contributed by atoms with Crippen molar-refractivity contribution in [3.05, 3.63) is 25.3 Å². The summed E-state index contributed by atoms with van der Waals surface area (Å²) in [5, 5.41) is 0. The van der Waals surface area contributed by atoms with E-state index in [0.717, 1.165) is 0 Å². The average molecular weight is 212 g/mol. The van der Waals surface area contributed by atoms with Crippen LogP contribution in [0.4, 0.5) is 0 Å². The summed E-state index contributed by atoms with van der Waals surface area (Å²) >= 11 is 0. The van der Waals surface area contributed by atoms with Crippen LogP contribution in [0.1, 0.15) is 13.8 Å². The summed E-state index contributed by atoms with van der Waals surface area (Å²) < 4.78 is -0.0856. The average Bonchev–Trinajstić information content (AvgIpc) is 2.01. The van der Waals surface area contributed by atoms with E-state index in [1.54, 1.807) is 12.2 Å². The van der Waals surface area contributed by atoms with Crippen molar-refractivity contribution in [2.24, 2.45) is 0 Å². The molecule has 0 rings (SSSR count). The van der Waals surface area contributed by atoms with Crippen molar-refractivity contribution in [1.82, 2.24) is 10.9 Å². The van der Waals surface area contributed by atoms with E-state index in [1.807, 2.05) is 0 Å². The number of nitrogens with zero attached hydrogens (tertiary/aromatic N) is 1. The zero-order valence-electron chi connectivity index (χ0n) is 9.25. The van der Waals surface area contributed by atoms with E-state index < -0.39 is 0 Å². The number of rotatable bonds is 6. The van der Waals surface area contributed by atoms with Crippen molar-refractivity contribution in [3.63, 3.8) is 0 Å². The molecular formula is C10H18N3O2+. The lowest BCUT2D eigenvalue weighted by Gasteiger charge is -2.33. The normalized spacial score (nSPS) is 10.3. The molecule has 0 fully saturated rings. The quantitative estimate of drug-likeness (QED) is 0.377. The zero-order chi connectivity index (χ0) is 11.9. The Balaban J connectivity index is 4.84. The lowest BCUT2D eigenvalue weighted by molar-refractivity contribution is -0.983. The summed E-state index contributed by atoms with van der Waals surface area (Å²) in [6.07, 6.45) is 3.24. The van der Waals surface area contributed by atoms with Crippen molar-refractivity contribution < 1.29 is 14.3 Å². The maximum Gasteiger partial charge on any atom is 0.264 e. The third-order valence-corrected chi connectivity index (χ3v) is 1.62. The van der Waals surface area contributed by atoms with Crippen molar-refractivity contribution in [2.45, 2.75) is 13.8 Å². The number of hydrogen-bond acceptors (Lipinski definition) is 2. The Morgan fingerprint density at radius 2 is 1.40 bits per heavy atom. The monoisotopic (exact) mass is 212 g/mol. The van der Waals surface area contributed by atoms with Gasteiger partial charge in [0.2, 0.25) is 0 Å². The van der Waals surface area contributed by atoms with Crippen LogP contribution < -0.4 is 10.9 Å². The van der Waals surface area contributed by atoms with Crippen LogP contribution in [0.25, 0.3) is 0 Å². The summed E-state index contributed by atoms with van der Waals surface area (Å²) in [7, 11) is 0. The Hall–Kier alpha value is -1.62. The Morgan fingerprint density at radius 3 is 1.60 bits per heavy atom. The minimum atomic E-state index is -0.229. The molecule has 0 spiro atoms. The Kier molecular flexibility index (Phi) is 5.33. The fraction of sp³-hybridized carbons (Fsp3) is 0.400. The van der Waals surface area contributed by atoms with Crippen LogP contribution in [0.2, 0.25) is 0 Å². The SMILES string of the molecule is C=CC[N+](CC=C)(NC(C)=O)NC(C)=O. The highest BCUT2D eigenvalue weighted by atomic mass is 16.2. The van der Waals surface area contributed by atoms with E-state index in [4.69, 9.17) is 0 Å². The molecule has 0 aliphatic heterocycles. The minimum absolute atomic E-state index is 0.0856. The number of carbonyl (C=O) groups excluding carboxylic acids is 2. The first-order valence-electron chi connectivity index (χ1n) is 4.62. The lowest BCUT2D eigenvalue weighted by atomic mass is 10.5. The van der Waals surface area contributed by atoms with Gasteiger partial charge in [-0.1, -0.05) is 13.2 Å². The largest absolute Gasteiger partial charge is 0.270 e. The van der Waals surface area contributed by atoms with Crippen LogP contribution in [0, 0.1) is 0 Å². The third kappa shape index (κ3) is 4.97. The summed E-state index contributed by atoms with van der Waals surface area (Å²) in [6.45, 7) is 10.7. The van der Waals surface area contributed by atoms with Crippen LogP contribution in [-0.2, 0) is 9.59 Å². The van der Waals surface area contributed by atoms with Crippen molar-refractivity contribution in [3.8, 4) is 0 Å². The maximum atomic E-state index is 11.0. The number of amides is 2. The van der Waals surface area contributed by atoms with Gasteiger partial charge in [-0.2, -0.15) is 10.9 Å². The van der Waals surface area contributed by atoms with Crippen LogP contribution in [0.3, 0.4) is 0 Å². The predicted molar refractivity (Wildman–Crippen MR) is 58.0 cm³/mol. The molecule has 84 valence electrons. The number of nitrogens with one attached hydrogen (secondary N) is 2. The van der Waals surface area contributed by atoms with Crippen LogP contribution in [0.5, 0.6) is 0 Å². The van der Waals surface area contributed by atoms with Gasteiger partial charge in [-0.25, -0.2) is 0 Å². The van der Waals surface area contributed by atoms with E-state index in [0.29, 0.717) is 13.1 Å². The highest BCUT2D eigenvalue weighted by Gasteiger charge is 2.28. The van der Waals surface area contributed by atoms with Crippen LogP contribution in [-0.4, -0.2) is 29.6 Å². The molecule has 0 unspecified atom stereocenters. The third-order valence-electron chi connectivity index (χ3n) is 1.62. The van der Waals surface area contributed by atoms with Gasteiger partial charge in [-0.15, -0.1) is 4.70 Å². The second-order valence-electron chi connectivity index (χ2n) is 3.25. The zero-order valence-corrected chi connectivity index (χ0v) is 9.25. The minimum Gasteiger partial charge on any atom is -0.270 e. The molecule has 0 aromatic carbocycles. The molecule has 0 saturated heterocycles. The molecule has 0 aromatic heterocycles. The predicted octanol–water partition coefficient (Wildman–Crippen LogP) is 0.277. The number of quaternary nitrogens is 1. The molecule has 15 heavy (non-hydrogen) atoms.